The van der Waals surface area contributed by atoms with Crippen molar-refractivity contribution in [2.24, 2.45) is 0 Å². The molecule has 2 atom stereocenters. The first-order valence-corrected chi connectivity index (χ1v) is 8.98. The lowest BCUT2D eigenvalue weighted by molar-refractivity contribution is 0.303. The summed E-state index contributed by atoms with van der Waals surface area (Å²) in [5.74, 6) is -0.630. The summed E-state index contributed by atoms with van der Waals surface area (Å²) < 4.78 is 28.2. The molecule has 2 heterocycles. The summed E-state index contributed by atoms with van der Waals surface area (Å²) >= 11 is 0. The number of halogens is 2. The first kappa shape index (κ1) is 18.4. The van der Waals surface area contributed by atoms with E-state index in [4.69, 9.17) is 5.11 Å². The van der Waals surface area contributed by atoms with Crippen LogP contribution in [-0.4, -0.2) is 45.2 Å². The van der Waals surface area contributed by atoms with Gasteiger partial charge < -0.3 is 10.0 Å². The number of benzene rings is 1. The number of anilines is 1. The van der Waals surface area contributed by atoms with Crippen molar-refractivity contribution in [3.05, 3.63) is 65.7 Å². The third-order valence-electron chi connectivity index (χ3n) is 4.96. The molecular weight excluding hydrogens is 364 g/mol. The smallest absolute Gasteiger partial charge is 0.197 e. The van der Waals surface area contributed by atoms with Gasteiger partial charge in [-0.05, 0) is 47.6 Å². The number of aliphatic hydroxyl groups excluding tert-OH is 1. The van der Waals surface area contributed by atoms with Crippen LogP contribution in [-0.2, 0) is 0 Å². The van der Waals surface area contributed by atoms with E-state index in [9.17, 15) is 8.78 Å². The molecule has 0 aliphatic heterocycles. The Kier molecular flexibility index (Phi) is 4.95. The van der Waals surface area contributed by atoms with Gasteiger partial charge in [0.2, 0.25) is 0 Å². The number of hydrogen-bond donors (Lipinski definition) is 1. The molecule has 0 amide bonds. The van der Waals surface area contributed by atoms with Crippen LogP contribution in [0.3, 0.4) is 0 Å². The molecule has 0 spiro atoms. The van der Waals surface area contributed by atoms with Crippen LogP contribution in [0.25, 0.3) is 11.6 Å². The minimum absolute atomic E-state index is 0.0822. The Bertz CT molecular complexity index is 968. The second kappa shape index (κ2) is 7.55. The Balaban J connectivity index is 1.54. The van der Waals surface area contributed by atoms with Crippen molar-refractivity contribution in [3.8, 4) is 11.6 Å². The van der Waals surface area contributed by atoms with Crippen LogP contribution in [0.2, 0.25) is 0 Å². The van der Waals surface area contributed by atoms with Crippen molar-refractivity contribution in [1.29, 1.82) is 0 Å². The second-order valence-corrected chi connectivity index (χ2v) is 6.84. The van der Waals surface area contributed by atoms with E-state index >= 15 is 0 Å². The van der Waals surface area contributed by atoms with E-state index in [1.807, 2.05) is 0 Å². The molecule has 0 saturated heterocycles. The molecule has 144 valence electrons. The van der Waals surface area contributed by atoms with E-state index in [1.165, 1.54) is 11.0 Å². The first-order chi connectivity index (χ1) is 13.6. The van der Waals surface area contributed by atoms with Crippen molar-refractivity contribution in [2.45, 2.75) is 18.3 Å². The third kappa shape index (κ3) is 3.55. The van der Waals surface area contributed by atoms with Gasteiger partial charge in [-0.1, -0.05) is 0 Å². The molecule has 3 aromatic rings. The lowest BCUT2D eigenvalue weighted by Crippen LogP contribution is -2.22. The van der Waals surface area contributed by atoms with Crippen LogP contribution < -0.4 is 4.90 Å². The summed E-state index contributed by atoms with van der Waals surface area (Å²) in [4.78, 5) is 18.4. The molecule has 28 heavy (non-hydrogen) atoms. The van der Waals surface area contributed by atoms with E-state index in [1.54, 1.807) is 44.0 Å². The fourth-order valence-electron chi connectivity index (χ4n) is 3.35. The van der Waals surface area contributed by atoms with Gasteiger partial charge in [-0.25, -0.2) is 28.7 Å². The van der Waals surface area contributed by atoms with Gasteiger partial charge in [-0.15, -0.1) is 0 Å². The molecule has 0 radical (unpaired) electrons. The van der Waals surface area contributed by atoms with Crippen molar-refractivity contribution < 1.29 is 13.9 Å². The lowest BCUT2D eigenvalue weighted by atomic mass is 10.0. The molecule has 4 rings (SSSR count). The molecule has 1 fully saturated rings. The highest BCUT2D eigenvalue weighted by atomic mass is 19.2. The van der Waals surface area contributed by atoms with Gasteiger partial charge in [0.15, 0.2) is 23.3 Å². The zero-order valence-electron chi connectivity index (χ0n) is 15.3. The SMILES string of the molecule is CN(CCO)c1cc(C2CC2c2cnc(-c3ncccn3)nc2)cc(F)c1F. The summed E-state index contributed by atoms with van der Waals surface area (Å²) in [7, 11) is 1.63. The topological polar surface area (TPSA) is 75.0 Å². The summed E-state index contributed by atoms with van der Waals surface area (Å²) in [5.41, 5.74) is 1.83. The number of nitrogens with zero attached hydrogens (tertiary/aromatic N) is 5. The largest absolute Gasteiger partial charge is 0.395 e. The van der Waals surface area contributed by atoms with Gasteiger partial charge in [0, 0.05) is 38.4 Å². The van der Waals surface area contributed by atoms with Crippen LogP contribution in [0, 0.1) is 11.6 Å². The molecule has 1 saturated carbocycles. The Hall–Kier alpha value is -3.00. The Morgan fingerprint density at radius 2 is 1.64 bits per heavy atom. The standard InChI is InChI=1S/C20H19F2N5O/c1-27(5-6-28)17-8-12(7-16(21)18(17)22)14-9-15(14)13-10-25-20(26-11-13)19-23-3-2-4-24-19/h2-4,7-8,10-11,14-15,28H,5-6,9H2,1H3. The summed E-state index contributed by atoms with van der Waals surface area (Å²) in [6.07, 6.45) is 7.55. The zero-order chi connectivity index (χ0) is 19.7. The highest BCUT2D eigenvalue weighted by Crippen LogP contribution is 2.55. The molecule has 1 aromatic carbocycles. The van der Waals surface area contributed by atoms with Gasteiger partial charge in [0.1, 0.15) is 0 Å². The normalized spacial score (nSPS) is 18.1. The Morgan fingerprint density at radius 3 is 2.32 bits per heavy atom. The van der Waals surface area contributed by atoms with Crippen molar-refractivity contribution in [1.82, 2.24) is 19.9 Å². The van der Waals surface area contributed by atoms with E-state index in [-0.39, 0.29) is 30.7 Å². The molecule has 1 N–H and O–H groups in total. The molecule has 6 nitrogen and oxygen atoms in total. The second-order valence-electron chi connectivity index (χ2n) is 6.84. The Labute approximate surface area is 160 Å². The predicted octanol–water partition coefficient (Wildman–Crippen LogP) is 2.91. The average molecular weight is 383 g/mol. The number of hydrogen-bond acceptors (Lipinski definition) is 6. The van der Waals surface area contributed by atoms with Crippen LogP contribution in [0.5, 0.6) is 0 Å². The maximum absolute atomic E-state index is 14.1. The van der Waals surface area contributed by atoms with Gasteiger partial charge in [0.25, 0.3) is 0 Å². The van der Waals surface area contributed by atoms with Gasteiger partial charge in [0.05, 0.1) is 12.3 Å². The highest BCUT2D eigenvalue weighted by Gasteiger charge is 2.40. The van der Waals surface area contributed by atoms with Crippen molar-refractivity contribution in [3.63, 3.8) is 0 Å². The summed E-state index contributed by atoms with van der Waals surface area (Å²) in [6, 6.07) is 4.63. The van der Waals surface area contributed by atoms with Gasteiger partial charge in [-0.2, -0.15) is 0 Å². The maximum atomic E-state index is 14.1. The molecule has 2 aromatic heterocycles. The van der Waals surface area contributed by atoms with Crippen LogP contribution in [0.15, 0.2) is 43.0 Å². The predicted molar refractivity (Wildman–Crippen MR) is 99.9 cm³/mol. The monoisotopic (exact) mass is 383 g/mol. The Morgan fingerprint density at radius 1 is 1.00 bits per heavy atom. The number of aliphatic hydroxyl groups is 1. The van der Waals surface area contributed by atoms with E-state index in [0.717, 1.165) is 17.5 Å². The quantitative estimate of drug-likeness (QED) is 0.706. The summed E-state index contributed by atoms with van der Waals surface area (Å²) in [6.45, 7) is 0.0907. The molecule has 0 bridgehead atoms. The molecule has 8 heteroatoms. The third-order valence-corrected chi connectivity index (χ3v) is 4.96. The van der Waals surface area contributed by atoms with Gasteiger partial charge in [-0.3, -0.25) is 0 Å². The lowest BCUT2D eigenvalue weighted by Gasteiger charge is -2.20. The average Bonchev–Trinajstić information content (AvgIpc) is 3.52. The van der Waals surface area contributed by atoms with Crippen LogP contribution in [0.1, 0.15) is 29.4 Å². The van der Waals surface area contributed by atoms with E-state index in [0.29, 0.717) is 11.6 Å². The molecule has 1 aliphatic rings. The van der Waals surface area contributed by atoms with Crippen molar-refractivity contribution in [2.75, 3.05) is 25.1 Å². The minimum atomic E-state index is -0.896. The highest BCUT2D eigenvalue weighted by molar-refractivity contribution is 5.52. The number of rotatable bonds is 6. The fourth-order valence-corrected chi connectivity index (χ4v) is 3.35. The van der Waals surface area contributed by atoms with E-state index < -0.39 is 11.6 Å². The first-order valence-electron chi connectivity index (χ1n) is 8.98. The maximum Gasteiger partial charge on any atom is 0.197 e. The molecule has 2 unspecified atom stereocenters. The molecule has 1 aliphatic carbocycles. The minimum Gasteiger partial charge on any atom is -0.395 e. The van der Waals surface area contributed by atoms with Gasteiger partial charge >= 0.3 is 0 Å². The van der Waals surface area contributed by atoms with E-state index in [2.05, 4.69) is 19.9 Å². The molecular formula is C20H19F2N5O. The van der Waals surface area contributed by atoms with Crippen molar-refractivity contribution >= 4 is 5.69 Å². The number of aromatic nitrogens is 4. The van der Waals surface area contributed by atoms with Crippen LogP contribution in [0.4, 0.5) is 14.5 Å². The summed E-state index contributed by atoms with van der Waals surface area (Å²) in [5, 5.41) is 9.06. The number of likely N-dealkylation sites (N-methyl/N-ethyl adjacent to an activating group) is 1. The zero-order valence-corrected chi connectivity index (χ0v) is 15.3. The van der Waals surface area contributed by atoms with Crippen LogP contribution >= 0.6 is 0 Å². The fraction of sp³-hybridized carbons (Fsp3) is 0.300.